The maximum absolute atomic E-state index is 5.74. The molecule has 0 aliphatic heterocycles. The largest absolute Gasteiger partial charge is 0.360 e. The third kappa shape index (κ3) is 4.76. The molecule has 2 aromatic rings. The van der Waals surface area contributed by atoms with E-state index in [9.17, 15) is 0 Å². The molecule has 19 heavy (non-hydrogen) atoms. The number of anilines is 1. The summed E-state index contributed by atoms with van der Waals surface area (Å²) in [6.07, 6.45) is 3.62. The minimum absolute atomic E-state index is 0.527. The van der Waals surface area contributed by atoms with Gasteiger partial charge >= 0.3 is 0 Å². The van der Waals surface area contributed by atoms with Crippen molar-refractivity contribution in [3.05, 3.63) is 34.9 Å². The Kier molecular flexibility index (Phi) is 5.10. The van der Waals surface area contributed by atoms with Gasteiger partial charge in [-0.2, -0.15) is 4.37 Å². The summed E-state index contributed by atoms with van der Waals surface area (Å²) in [5, 5.41) is 4.70. The molecule has 0 aromatic carbocycles. The van der Waals surface area contributed by atoms with Crippen molar-refractivity contribution in [2.24, 2.45) is 5.92 Å². The zero-order valence-electron chi connectivity index (χ0n) is 11.1. The van der Waals surface area contributed by atoms with E-state index in [1.165, 1.54) is 11.5 Å². The first kappa shape index (κ1) is 14.2. The number of nitrogens with zero attached hydrogens (tertiary/aromatic N) is 3. The zero-order chi connectivity index (χ0) is 13.7. The van der Waals surface area contributed by atoms with Crippen LogP contribution in [0.5, 0.6) is 0 Å². The molecular formula is C13H17ClN4S. The Morgan fingerprint density at radius 3 is 2.89 bits per heavy atom. The predicted molar refractivity (Wildman–Crippen MR) is 79.9 cm³/mol. The topological polar surface area (TPSA) is 50.7 Å². The highest BCUT2D eigenvalue weighted by molar-refractivity contribution is 7.09. The smallest absolute Gasteiger partial charge is 0.202 e. The molecule has 0 radical (unpaired) electrons. The molecule has 0 fully saturated rings. The lowest BCUT2D eigenvalue weighted by Crippen LogP contribution is -2.05. The van der Waals surface area contributed by atoms with Crippen molar-refractivity contribution in [3.8, 4) is 0 Å². The van der Waals surface area contributed by atoms with Crippen molar-refractivity contribution >= 4 is 28.3 Å². The molecule has 0 aliphatic carbocycles. The molecule has 2 aromatic heterocycles. The van der Waals surface area contributed by atoms with Crippen LogP contribution in [-0.2, 0) is 12.8 Å². The van der Waals surface area contributed by atoms with Gasteiger partial charge in [-0.25, -0.2) is 9.97 Å². The van der Waals surface area contributed by atoms with E-state index >= 15 is 0 Å². The van der Waals surface area contributed by atoms with Gasteiger partial charge in [-0.15, -0.1) is 0 Å². The molecule has 6 heteroatoms. The molecule has 102 valence electrons. The Hall–Kier alpha value is -1.20. The van der Waals surface area contributed by atoms with Gasteiger partial charge in [0.25, 0.3) is 0 Å². The van der Waals surface area contributed by atoms with E-state index in [0.717, 1.165) is 35.9 Å². The third-order valence-corrected chi connectivity index (χ3v) is 3.47. The van der Waals surface area contributed by atoms with Crippen LogP contribution >= 0.6 is 23.1 Å². The van der Waals surface area contributed by atoms with E-state index in [0.29, 0.717) is 11.1 Å². The lowest BCUT2D eigenvalue weighted by atomic mass is 10.1. The van der Waals surface area contributed by atoms with Crippen molar-refractivity contribution in [1.29, 1.82) is 0 Å². The van der Waals surface area contributed by atoms with Gasteiger partial charge in [-0.3, -0.25) is 0 Å². The Labute approximate surface area is 122 Å². The van der Waals surface area contributed by atoms with Crippen LogP contribution in [0.3, 0.4) is 0 Å². The summed E-state index contributed by atoms with van der Waals surface area (Å²) in [6.45, 7) is 5.16. The van der Waals surface area contributed by atoms with Gasteiger partial charge in [0, 0.05) is 30.7 Å². The number of halogens is 1. The summed E-state index contributed by atoms with van der Waals surface area (Å²) in [4.78, 5) is 8.51. The van der Waals surface area contributed by atoms with Crippen LogP contribution in [0.15, 0.2) is 18.3 Å². The van der Waals surface area contributed by atoms with Crippen molar-refractivity contribution in [3.63, 3.8) is 0 Å². The standard InChI is InChI=1S/C13H17ClN4S/c1-9(2)7-12-17-13(19-18-12)15-6-5-10-3-4-11(14)16-8-10/h3-4,8-9H,5-7H2,1-2H3,(H,15,17,18). The average Bonchev–Trinajstić information content (AvgIpc) is 2.78. The number of hydrogen-bond acceptors (Lipinski definition) is 5. The first-order valence-corrected chi connectivity index (χ1v) is 7.45. The number of hydrogen-bond donors (Lipinski definition) is 1. The van der Waals surface area contributed by atoms with Crippen molar-refractivity contribution in [2.75, 3.05) is 11.9 Å². The van der Waals surface area contributed by atoms with Crippen molar-refractivity contribution < 1.29 is 0 Å². The lowest BCUT2D eigenvalue weighted by Gasteiger charge is -2.02. The van der Waals surface area contributed by atoms with E-state index in [-0.39, 0.29) is 0 Å². The Balaban J connectivity index is 1.79. The highest BCUT2D eigenvalue weighted by Crippen LogP contribution is 2.14. The first-order chi connectivity index (χ1) is 9.13. The summed E-state index contributed by atoms with van der Waals surface area (Å²) in [5.74, 6) is 1.51. The minimum atomic E-state index is 0.527. The number of nitrogens with one attached hydrogen (secondary N) is 1. The van der Waals surface area contributed by atoms with E-state index in [1.807, 2.05) is 12.1 Å². The Morgan fingerprint density at radius 1 is 1.37 bits per heavy atom. The maximum atomic E-state index is 5.74. The van der Waals surface area contributed by atoms with Crippen LogP contribution < -0.4 is 5.32 Å². The average molecular weight is 297 g/mol. The molecule has 0 atom stereocenters. The van der Waals surface area contributed by atoms with Gasteiger partial charge in [0.05, 0.1) is 0 Å². The fourth-order valence-corrected chi connectivity index (χ4v) is 2.37. The van der Waals surface area contributed by atoms with Gasteiger partial charge in [0.15, 0.2) is 0 Å². The zero-order valence-corrected chi connectivity index (χ0v) is 12.6. The van der Waals surface area contributed by atoms with E-state index < -0.39 is 0 Å². The molecule has 0 bridgehead atoms. The summed E-state index contributed by atoms with van der Waals surface area (Å²) in [6, 6.07) is 3.80. The number of aromatic nitrogens is 3. The summed E-state index contributed by atoms with van der Waals surface area (Å²) < 4.78 is 4.33. The summed E-state index contributed by atoms with van der Waals surface area (Å²) >= 11 is 7.16. The van der Waals surface area contributed by atoms with Gasteiger partial charge in [0.1, 0.15) is 11.0 Å². The monoisotopic (exact) mass is 296 g/mol. The van der Waals surface area contributed by atoms with E-state index in [1.54, 1.807) is 6.20 Å². The van der Waals surface area contributed by atoms with Crippen LogP contribution in [0.2, 0.25) is 5.15 Å². The Morgan fingerprint density at radius 2 is 2.21 bits per heavy atom. The molecule has 1 N–H and O–H groups in total. The fourth-order valence-electron chi connectivity index (χ4n) is 1.64. The second-order valence-corrected chi connectivity index (χ2v) is 5.92. The maximum Gasteiger partial charge on any atom is 0.202 e. The van der Waals surface area contributed by atoms with Gasteiger partial charge < -0.3 is 5.32 Å². The van der Waals surface area contributed by atoms with Crippen LogP contribution in [0.4, 0.5) is 5.13 Å². The summed E-state index contributed by atoms with van der Waals surface area (Å²) in [7, 11) is 0. The van der Waals surface area contributed by atoms with E-state index in [2.05, 4.69) is 33.5 Å². The molecule has 2 heterocycles. The molecule has 0 spiro atoms. The van der Waals surface area contributed by atoms with Crippen molar-refractivity contribution in [2.45, 2.75) is 26.7 Å². The summed E-state index contributed by atoms with van der Waals surface area (Å²) in [5.41, 5.74) is 1.16. The third-order valence-electron chi connectivity index (χ3n) is 2.54. The molecule has 0 aliphatic rings. The molecular weight excluding hydrogens is 280 g/mol. The first-order valence-electron chi connectivity index (χ1n) is 6.30. The van der Waals surface area contributed by atoms with Gasteiger partial charge in [0.2, 0.25) is 5.13 Å². The van der Waals surface area contributed by atoms with Crippen LogP contribution in [0.1, 0.15) is 25.2 Å². The van der Waals surface area contributed by atoms with Gasteiger partial charge in [-0.1, -0.05) is 31.5 Å². The quantitative estimate of drug-likeness (QED) is 0.830. The lowest BCUT2D eigenvalue weighted by molar-refractivity contribution is 0.627. The highest BCUT2D eigenvalue weighted by atomic mass is 35.5. The SMILES string of the molecule is CC(C)Cc1nsc(NCCc2ccc(Cl)nc2)n1. The van der Waals surface area contributed by atoms with Crippen molar-refractivity contribution in [1.82, 2.24) is 14.3 Å². The van der Waals surface area contributed by atoms with Crippen LogP contribution in [-0.4, -0.2) is 20.9 Å². The van der Waals surface area contributed by atoms with Gasteiger partial charge in [-0.05, 0) is 24.0 Å². The molecule has 2 rings (SSSR count). The molecule has 0 saturated heterocycles. The number of rotatable bonds is 6. The number of pyridine rings is 1. The highest BCUT2D eigenvalue weighted by Gasteiger charge is 2.05. The van der Waals surface area contributed by atoms with E-state index in [4.69, 9.17) is 11.6 Å². The predicted octanol–water partition coefficient (Wildman–Crippen LogP) is 3.44. The molecule has 0 amide bonds. The minimum Gasteiger partial charge on any atom is -0.360 e. The molecule has 4 nitrogen and oxygen atoms in total. The van der Waals surface area contributed by atoms with Crippen LogP contribution in [0.25, 0.3) is 0 Å². The molecule has 0 unspecified atom stereocenters. The second kappa shape index (κ2) is 6.82. The fraction of sp³-hybridized carbons (Fsp3) is 0.462. The van der Waals surface area contributed by atoms with Crippen LogP contribution in [0, 0.1) is 5.92 Å². The second-order valence-electron chi connectivity index (χ2n) is 4.78. The molecule has 0 saturated carbocycles. The normalized spacial score (nSPS) is 10.9. The Bertz CT molecular complexity index is 510.